The van der Waals surface area contributed by atoms with Crippen LogP contribution in [-0.2, 0) is 25.7 Å². The van der Waals surface area contributed by atoms with E-state index in [9.17, 15) is 9.46 Å². The van der Waals surface area contributed by atoms with Crippen LogP contribution in [0.5, 0.6) is 0 Å². The molecular weight excluding hydrogens is 246 g/mol. The van der Waals surface area contributed by atoms with E-state index >= 15 is 0 Å². The summed E-state index contributed by atoms with van der Waals surface area (Å²) in [6.45, 7) is -3.32. The van der Waals surface area contributed by atoms with Crippen LogP contribution in [0.2, 0.25) is 0 Å². The van der Waals surface area contributed by atoms with Gasteiger partial charge in [0.15, 0.2) is 0 Å². The van der Waals surface area contributed by atoms with Gasteiger partial charge in [0.25, 0.3) is 0 Å². The van der Waals surface area contributed by atoms with Gasteiger partial charge in [0.2, 0.25) is 6.49 Å². The Morgan fingerprint density at radius 3 is 2.43 bits per heavy atom. The molecule has 0 heterocycles. The van der Waals surface area contributed by atoms with Crippen molar-refractivity contribution in [3.05, 3.63) is 30.3 Å². The second kappa shape index (κ2) is 5.14. The van der Waals surface area contributed by atoms with Crippen LogP contribution in [0.25, 0.3) is 0 Å². The summed E-state index contributed by atoms with van der Waals surface area (Å²) >= 11 is 4.71. The third-order valence-corrected chi connectivity index (χ3v) is 3.70. The van der Waals surface area contributed by atoms with E-state index in [0.717, 1.165) is 0 Å². The molecule has 0 aliphatic rings. The van der Waals surface area contributed by atoms with Gasteiger partial charge in [-0.05, 0) is 23.9 Å². The van der Waals surface area contributed by atoms with Gasteiger partial charge in [0, 0.05) is 5.30 Å². The summed E-state index contributed by atoms with van der Waals surface area (Å²) in [6.07, 6.45) is 0. The maximum absolute atomic E-state index is 10.2. The van der Waals surface area contributed by atoms with Gasteiger partial charge in [0.05, 0.1) is 0 Å². The third kappa shape index (κ3) is 3.59. The van der Waals surface area contributed by atoms with Crippen molar-refractivity contribution in [1.82, 2.24) is 0 Å². The Labute approximate surface area is 86.3 Å². The highest BCUT2D eigenvalue weighted by Crippen LogP contribution is 2.43. The number of rotatable bonds is 4. The van der Waals surface area contributed by atoms with E-state index < -0.39 is 14.7 Å². The minimum atomic E-state index is -3.32. The van der Waals surface area contributed by atoms with Crippen LogP contribution in [-0.4, -0.2) is 9.79 Å². The molecule has 0 bridgehead atoms. The van der Waals surface area contributed by atoms with E-state index in [-0.39, 0.29) is 0 Å². The Morgan fingerprint density at radius 1 is 1.36 bits per heavy atom. The van der Waals surface area contributed by atoms with Crippen molar-refractivity contribution in [3.8, 4) is 0 Å². The molecule has 2 N–H and O–H groups in total. The van der Waals surface area contributed by atoms with Crippen LogP contribution in [0, 0.1) is 0 Å². The average Bonchev–Trinajstić information content (AvgIpc) is 2.16. The van der Waals surface area contributed by atoms with Gasteiger partial charge in [0.1, 0.15) is 0 Å². The van der Waals surface area contributed by atoms with Crippen molar-refractivity contribution < 1.29 is 23.7 Å². The molecule has 0 amide bonds. The molecule has 2 atom stereocenters. The fourth-order valence-electron chi connectivity index (χ4n) is 0.742. The zero-order chi connectivity index (χ0) is 10.6. The molecule has 0 aliphatic heterocycles. The van der Waals surface area contributed by atoms with E-state index in [2.05, 4.69) is 9.35 Å². The number of hydrogen-bond acceptors (Lipinski definition) is 4. The molecule has 5 nitrogen and oxygen atoms in total. The molecule has 1 aromatic carbocycles. The molecule has 0 fully saturated rings. The normalized spacial score (nSPS) is 17.3. The summed E-state index contributed by atoms with van der Waals surface area (Å²) in [4.78, 5) is 17.9. The lowest BCUT2D eigenvalue weighted by molar-refractivity contribution is -0.0983. The number of benzene rings is 1. The van der Waals surface area contributed by atoms with Crippen molar-refractivity contribution in [2.24, 2.45) is 0 Å². The minimum absolute atomic E-state index is 0.359. The average molecular weight is 254 g/mol. The lowest BCUT2D eigenvalue weighted by Crippen LogP contribution is -2.04. The van der Waals surface area contributed by atoms with Crippen molar-refractivity contribution in [3.63, 3.8) is 0 Å². The Hall–Kier alpha value is -0.0600. The first-order valence-electron chi connectivity index (χ1n) is 3.50. The molecular formula is C6H8O5P2S. The van der Waals surface area contributed by atoms with Crippen LogP contribution in [0.4, 0.5) is 0 Å². The molecule has 2 unspecified atom stereocenters. The highest BCUT2D eigenvalue weighted by Gasteiger charge is 2.18. The summed E-state index contributed by atoms with van der Waals surface area (Å²) < 4.78 is 18.5. The maximum atomic E-state index is 10.2. The van der Waals surface area contributed by atoms with Crippen molar-refractivity contribution in [2.75, 3.05) is 0 Å². The zero-order valence-corrected chi connectivity index (χ0v) is 9.57. The second-order valence-electron chi connectivity index (χ2n) is 2.28. The molecule has 0 aromatic heterocycles. The van der Waals surface area contributed by atoms with Crippen molar-refractivity contribution >= 4 is 31.9 Å². The molecule has 0 spiro atoms. The first-order valence-corrected chi connectivity index (χ1v) is 7.43. The molecule has 78 valence electrons. The smallest absolute Gasteiger partial charge is 0.340 e. The summed E-state index contributed by atoms with van der Waals surface area (Å²) in [5.41, 5.74) is 0. The second-order valence-corrected chi connectivity index (χ2v) is 6.17. The Balaban J connectivity index is 2.76. The van der Waals surface area contributed by atoms with Gasteiger partial charge in [-0.2, -0.15) is 4.67 Å². The lowest BCUT2D eigenvalue weighted by atomic mass is 10.4. The van der Waals surface area contributed by atoms with Crippen LogP contribution >= 0.6 is 14.7 Å². The fraction of sp³-hybridized carbons (Fsp3) is 0. The highest BCUT2D eigenvalue weighted by atomic mass is 32.5. The van der Waals surface area contributed by atoms with Gasteiger partial charge in [-0.15, -0.1) is 4.67 Å². The Bertz CT molecular complexity index is 368. The highest BCUT2D eigenvalue weighted by molar-refractivity contribution is 8.13. The summed E-state index contributed by atoms with van der Waals surface area (Å²) in [7, 11) is -3.25. The molecule has 0 saturated heterocycles. The molecule has 14 heavy (non-hydrogen) atoms. The maximum Gasteiger partial charge on any atom is 0.345 e. The van der Waals surface area contributed by atoms with Crippen LogP contribution in [0.15, 0.2) is 30.3 Å². The zero-order valence-electron chi connectivity index (χ0n) is 6.86. The topological polar surface area (TPSA) is 76.0 Å². The van der Waals surface area contributed by atoms with Crippen LogP contribution in [0.3, 0.4) is 0 Å². The first-order chi connectivity index (χ1) is 6.52. The molecule has 8 heteroatoms. The van der Waals surface area contributed by atoms with Gasteiger partial charge < -0.3 is 9.79 Å². The SMILES string of the molecule is O=[PH](O)OOP(O)(=S)c1ccccc1. The van der Waals surface area contributed by atoms with Gasteiger partial charge >= 0.3 is 8.25 Å². The molecule has 1 aromatic rings. The third-order valence-electron chi connectivity index (χ3n) is 1.29. The van der Waals surface area contributed by atoms with E-state index in [0.29, 0.717) is 5.30 Å². The molecule has 0 saturated carbocycles. The first kappa shape index (κ1) is 12.0. The Kier molecular flexibility index (Phi) is 4.41. The largest absolute Gasteiger partial charge is 0.345 e. The predicted octanol–water partition coefficient (Wildman–Crippen LogP) is 0.944. The van der Waals surface area contributed by atoms with E-state index in [1.165, 1.54) is 0 Å². The summed E-state index contributed by atoms with van der Waals surface area (Å²) in [5.74, 6) is 0. The van der Waals surface area contributed by atoms with E-state index in [1.807, 2.05) is 0 Å². The summed E-state index contributed by atoms with van der Waals surface area (Å²) in [6, 6.07) is 8.18. The van der Waals surface area contributed by atoms with Gasteiger partial charge in [-0.1, -0.05) is 18.2 Å². The monoisotopic (exact) mass is 254 g/mol. The fourth-order valence-corrected chi connectivity index (χ4v) is 2.67. The van der Waals surface area contributed by atoms with E-state index in [1.54, 1.807) is 30.3 Å². The molecule has 1 rings (SSSR count). The van der Waals surface area contributed by atoms with E-state index in [4.69, 9.17) is 16.7 Å². The van der Waals surface area contributed by atoms with Crippen LogP contribution < -0.4 is 5.30 Å². The minimum Gasteiger partial charge on any atom is -0.340 e. The van der Waals surface area contributed by atoms with Crippen molar-refractivity contribution in [1.29, 1.82) is 0 Å². The predicted molar refractivity (Wildman–Crippen MR) is 56.0 cm³/mol. The van der Waals surface area contributed by atoms with Crippen molar-refractivity contribution in [2.45, 2.75) is 0 Å². The quantitative estimate of drug-likeness (QED) is 0.473. The summed E-state index contributed by atoms with van der Waals surface area (Å²) in [5, 5.41) is 0.359. The Morgan fingerprint density at radius 2 is 1.93 bits per heavy atom. The van der Waals surface area contributed by atoms with Crippen LogP contribution in [0.1, 0.15) is 0 Å². The van der Waals surface area contributed by atoms with Gasteiger partial charge in [-0.3, -0.25) is 4.57 Å². The number of hydrogen-bond donors (Lipinski definition) is 2. The molecule has 0 aliphatic carbocycles. The lowest BCUT2D eigenvalue weighted by Gasteiger charge is -2.12. The molecule has 0 radical (unpaired) electrons. The van der Waals surface area contributed by atoms with Gasteiger partial charge in [-0.25, -0.2) is 0 Å². The standard InChI is InChI=1S/C6H8O5P2S/c7-12(8)10-11-13(9,14)6-4-2-1-3-5-6/h1-5,12H,(H,7,8)(H,9,14).